The Morgan fingerprint density at radius 3 is 2.37 bits per heavy atom. The van der Waals surface area contributed by atoms with E-state index in [9.17, 15) is 8.42 Å². The third kappa shape index (κ3) is 3.60. The normalized spacial score (nSPS) is 11.3. The Kier molecular flexibility index (Phi) is 4.35. The van der Waals surface area contributed by atoms with E-state index in [1.165, 1.54) is 24.4 Å². The first kappa shape index (κ1) is 14.6. The molecule has 0 radical (unpaired) electrons. The van der Waals surface area contributed by atoms with E-state index in [-0.39, 0.29) is 20.8 Å². The van der Waals surface area contributed by atoms with Crippen molar-refractivity contribution in [3.63, 3.8) is 0 Å². The number of hydrogen-bond acceptors (Lipinski definition) is 3. The molecule has 1 aromatic carbocycles. The van der Waals surface area contributed by atoms with Crippen LogP contribution >= 0.6 is 39.1 Å². The van der Waals surface area contributed by atoms with Crippen molar-refractivity contribution < 1.29 is 8.42 Å². The van der Waals surface area contributed by atoms with Gasteiger partial charge in [-0.2, -0.15) is 0 Å². The SMILES string of the molecule is O=S(=O)(Nc1ncccc1Br)c1cc(Cl)cc(Cl)c1. The van der Waals surface area contributed by atoms with E-state index in [1.54, 1.807) is 12.1 Å². The van der Waals surface area contributed by atoms with E-state index >= 15 is 0 Å². The third-order valence-electron chi connectivity index (χ3n) is 2.14. The second-order valence-electron chi connectivity index (χ2n) is 3.54. The molecule has 1 heterocycles. The highest BCUT2D eigenvalue weighted by Crippen LogP contribution is 2.26. The monoisotopic (exact) mass is 380 g/mol. The molecule has 0 unspecified atom stereocenters. The minimum atomic E-state index is -3.79. The molecule has 4 nitrogen and oxygen atoms in total. The molecule has 0 aliphatic carbocycles. The summed E-state index contributed by atoms with van der Waals surface area (Å²) in [5, 5.41) is 0.487. The summed E-state index contributed by atoms with van der Waals surface area (Å²) in [5.41, 5.74) is 0. The van der Waals surface area contributed by atoms with Gasteiger partial charge in [0, 0.05) is 16.2 Å². The maximum atomic E-state index is 12.2. The molecule has 0 amide bonds. The van der Waals surface area contributed by atoms with Crippen LogP contribution in [-0.4, -0.2) is 13.4 Å². The second kappa shape index (κ2) is 5.66. The summed E-state index contributed by atoms with van der Waals surface area (Å²) in [6.45, 7) is 0. The molecule has 2 aromatic rings. The Morgan fingerprint density at radius 2 is 1.79 bits per heavy atom. The average Bonchev–Trinajstić information content (AvgIpc) is 2.31. The lowest BCUT2D eigenvalue weighted by molar-refractivity contribution is 0.601. The van der Waals surface area contributed by atoms with Crippen LogP contribution in [0.3, 0.4) is 0 Å². The smallest absolute Gasteiger partial charge is 0.262 e. The molecule has 0 bridgehead atoms. The van der Waals surface area contributed by atoms with Gasteiger partial charge in [0.25, 0.3) is 10.0 Å². The molecular formula is C11H7BrCl2N2O2S. The number of aromatic nitrogens is 1. The number of hydrogen-bond donors (Lipinski definition) is 1. The Hall–Kier alpha value is -0.820. The van der Waals surface area contributed by atoms with Crippen molar-refractivity contribution in [2.45, 2.75) is 4.90 Å². The average molecular weight is 382 g/mol. The van der Waals surface area contributed by atoms with Crippen molar-refractivity contribution in [3.8, 4) is 0 Å². The van der Waals surface area contributed by atoms with Gasteiger partial charge in [0.2, 0.25) is 0 Å². The van der Waals surface area contributed by atoms with Crippen LogP contribution < -0.4 is 4.72 Å². The van der Waals surface area contributed by atoms with Crippen LogP contribution in [0.4, 0.5) is 5.82 Å². The van der Waals surface area contributed by atoms with Crippen LogP contribution in [0.15, 0.2) is 45.9 Å². The minimum absolute atomic E-state index is 0.0254. The zero-order chi connectivity index (χ0) is 14.0. The molecule has 1 aromatic heterocycles. The molecule has 8 heteroatoms. The summed E-state index contributed by atoms with van der Waals surface area (Å²) in [6.07, 6.45) is 1.48. The van der Waals surface area contributed by atoms with Crippen molar-refractivity contribution in [2.75, 3.05) is 4.72 Å². The number of halogens is 3. The van der Waals surface area contributed by atoms with E-state index < -0.39 is 10.0 Å². The molecule has 0 saturated heterocycles. The fourth-order valence-electron chi connectivity index (χ4n) is 1.33. The largest absolute Gasteiger partial charge is 0.263 e. The van der Waals surface area contributed by atoms with Crippen LogP contribution in [0, 0.1) is 0 Å². The van der Waals surface area contributed by atoms with Gasteiger partial charge in [0.1, 0.15) is 0 Å². The van der Waals surface area contributed by atoms with Gasteiger partial charge in [-0.3, -0.25) is 4.72 Å². The number of nitrogens with one attached hydrogen (secondary N) is 1. The zero-order valence-electron chi connectivity index (χ0n) is 9.27. The fraction of sp³-hybridized carbons (Fsp3) is 0. The van der Waals surface area contributed by atoms with Crippen molar-refractivity contribution in [1.82, 2.24) is 4.98 Å². The Bertz CT molecular complexity index is 702. The van der Waals surface area contributed by atoms with Gasteiger partial charge in [0.05, 0.1) is 9.37 Å². The van der Waals surface area contributed by atoms with Crippen molar-refractivity contribution in [2.24, 2.45) is 0 Å². The molecule has 0 aliphatic rings. The molecule has 0 spiro atoms. The summed E-state index contributed by atoms with van der Waals surface area (Å²) in [6, 6.07) is 7.44. The molecule has 0 fully saturated rings. The zero-order valence-corrected chi connectivity index (χ0v) is 13.2. The topological polar surface area (TPSA) is 59.1 Å². The van der Waals surface area contributed by atoms with Crippen molar-refractivity contribution in [1.29, 1.82) is 0 Å². The lowest BCUT2D eigenvalue weighted by atomic mass is 10.4. The van der Waals surface area contributed by atoms with Crippen LogP contribution in [0.5, 0.6) is 0 Å². The van der Waals surface area contributed by atoms with Gasteiger partial charge < -0.3 is 0 Å². The van der Waals surface area contributed by atoms with Crippen molar-refractivity contribution >= 4 is 55.0 Å². The van der Waals surface area contributed by atoms with Gasteiger partial charge >= 0.3 is 0 Å². The molecule has 0 saturated carbocycles. The summed E-state index contributed by atoms with van der Waals surface area (Å²) in [4.78, 5) is 3.91. The van der Waals surface area contributed by atoms with Gasteiger partial charge in [0.15, 0.2) is 5.82 Å². The number of benzene rings is 1. The highest BCUT2D eigenvalue weighted by molar-refractivity contribution is 9.10. The predicted molar refractivity (Wildman–Crippen MR) is 79.2 cm³/mol. The highest BCUT2D eigenvalue weighted by atomic mass is 79.9. The quantitative estimate of drug-likeness (QED) is 0.875. The molecule has 100 valence electrons. The summed E-state index contributed by atoms with van der Waals surface area (Å²) in [5.74, 6) is 0.193. The van der Waals surface area contributed by atoms with Crippen LogP contribution in [0.1, 0.15) is 0 Å². The van der Waals surface area contributed by atoms with E-state index in [4.69, 9.17) is 23.2 Å². The highest BCUT2D eigenvalue weighted by Gasteiger charge is 2.17. The van der Waals surface area contributed by atoms with Gasteiger partial charge in [-0.15, -0.1) is 0 Å². The van der Waals surface area contributed by atoms with Crippen molar-refractivity contribution in [3.05, 3.63) is 51.0 Å². The Labute approximate surface area is 128 Å². The lowest BCUT2D eigenvalue weighted by Crippen LogP contribution is -2.14. The van der Waals surface area contributed by atoms with Crippen LogP contribution in [0.25, 0.3) is 0 Å². The van der Waals surface area contributed by atoms with Crippen LogP contribution in [0.2, 0.25) is 10.0 Å². The maximum Gasteiger partial charge on any atom is 0.263 e. The molecule has 1 N–H and O–H groups in total. The Morgan fingerprint density at radius 1 is 1.16 bits per heavy atom. The number of rotatable bonds is 3. The molecule has 0 atom stereocenters. The standard InChI is InChI=1S/C11H7BrCl2N2O2S/c12-10-2-1-3-15-11(10)16-19(17,18)9-5-7(13)4-8(14)6-9/h1-6H,(H,15,16). The predicted octanol–water partition coefficient (Wildman–Crippen LogP) is 3.95. The maximum absolute atomic E-state index is 12.2. The Balaban J connectivity index is 2.41. The van der Waals surface area contributed by atoms with Gasteiger partial charge in [-0.1, -0.05) is 23.2 Å². The molecule has 2 rings (SSSR count). The molecule has 19 heavy (non-hydrogen) atoms. The first-order valence-corrected chi connectivity index (χ1v) is 8.01. The van der Waals surface area contributed by atoms with Crippen LogP contribution in [-0.2, 0) is 10.0 Å². The third-order valence-corrected chi connectivity index (χ3v) is 4.53. The van der Waals surface area contributed by atoms with Gasteiger partial charge in [-0.05, 0) is 46.3 Å². The number of sulfonamides is 1. The first-order valence-electron chi connectivity index (χ1n) is 4.98. The summed E-state index contributed by atoms with van der Waals surface area (Å²) in [7, 11) is -3.79. The molecular weight excluding hydrogens is 375 g/mol. The fourth-order valence-corrected chi connectivity index (χ4v) is 3.57. The van der Waals surface area contributed by atoms with E-state index in [2.05, 4.69) is 25.6 Å². The van der Waals surface area contributed by atoms with E-state index in [0.717, 1.165) is 0 Å². The number of anilines is 1. The minimum Gasteiger partial charge on any atom is -0.262 e. The number of nitrogens with zero attached hydrogens (tertiary/aromatic N) is 1. The van der Waals surface area contributed by atoms with E-state index in [1.807, 2.05) is 0 Å². The lowest BCUT2D eigenvalue weighted by Gasteiger charge is -2.09. The molecule has 0 aliphatic heterocycles. The van der Waals surface area contributed by atoms with E-state index in [0.29, 0.717) is 4.47 Å². The second-order valence-corrected chi connectivity index (χ2v) is 6.95. The summed E-state index contributed by atoms with van der Waals surface area (Å²) < 4.78 is 27.2. The van der Waals surface area contributed by atoms with Gasteiger partial charge in [-0.25, -0.2) is 13.4 Å². The number of pyridine rings is 1. The summed E-state index contributed by atoms with van der Waals surface area (Å²) >= 11 is 14.8. The first-order chi connectivity index (χ1) is 8.88.